The van der Waals surface area contributed by atoms with E-state index in [0.29, 0.717) is 18.7 Å². The van der Waals surface area contributed by atoms with E-state index < -0.39 is 15.8 Å². The number of rotatable bonds is 3. The number of piperidine rings is 1. The molecule has 1 aromatic carbocycles. The van der Waals surface area contributed by atoms with Gasteiger partial charge in [-0.25, -0.2) is 12.8 Å². The summed E-state index contributed by atoms with van der Waals surface area (Å²) < 4.78 is 39.5. The molecule has 1 atom stereocenters. The highest BCUT2D eigenvalue weighted by Crippen LogP contribution is 2.24. The first-order valence-corrected chi connectivity index (χ1v) is 7.76. The van der Waals surface area contributed by atoms with Crippen molar-refractivity contribution in [1.82, 2.24) is 4.31 Å². The smallest absolute Gasteiger partial charge is 0.243 e. The molecular formula is C13H18FNO3S. The van der Waals surface area contributed by atoms with Crippen LogP contribution in [0.1, 0.15) is 18.4 Å². The Hall–Kier alpha value is -0.980. The van der Waals surface area contributed by atoms with E-state index in [1.54, 1.807) is 6.92 Å². The molecule has 106 valence electrons. The molecule has 2 rings (SSSR count). The summed E-state index contributed by atoms with van der Waals surface area (Å²) in [6, 6.07) is 3.82. The molecule has 1 heterocycles. The Morgan fingerprint density at radius 3 is 2.84 bits per heavy atom. The maximum absolute atomic E-state index is 13.2. The van der Waals surface area contributed by atoms with E-state index in [9.17, 15) is 12.8 Å². The van der Waals surface area contributed by atoms with Crippen LogP contribution in [0.2, 0.25) is 0 Å². The van der Waals surface area contributed by atoms with Gasteiger partial charge < -0.3 is 5.11 Å². The van der Waals surface area contributed by atoms with Crippen LogP contribution in [0.15, 0.2) is 23.1 Å². The third-order valence-corrected chi connectivity index (χ3v) is 5.37. The number of benzene rings is 1. The van der Waals surface area contributed by atoms with Crippen LogP contribution in [0.4, 0.5) is 4.39 Å². The molecule has 0 amide bonds. The summed E-state index contributed by atoms with van der Waals surface area (Å²) in [6.07, 6.45) is 1.58. The summed E-state index contributed by atoms with van der Waals surface area (Å²) in [4.78, 5) is 0.116. The van der Waals surface area contributed by atoms with Gasteiger partial charge in [0.1, 0.15) is 5.82 Å². The second-order valence-electron chi connectivity index (χ2n) is 4.96. The zero-order valence-electron chi connectivity index (χ0n) is 10.8. The fourth-order valence-electron chi connectivity index (χ4n) is 2.32. The predicted molar refractivity (Wildman–Crippen MR) is 69.7 cm³/mol. The second kappa shape index (κ2) is 5.56. The summed E-state index contributed by atoms with van der Waals surface area (Å²) in [5.74, 6) is -0.420. The van der Waals surface area contributed by atoms with Crippen LogP contribution < -0.4 is 0 Å². The number of aliphatic hydroxyl groups excluding tert-OH is 1. The van der Waals surface area contributed by atoms with Crippen molar-refractivity contribution in [3.05, 3.63) is 29.6 Å². The minimum Gasteiger partial charge on any atom is -0.396 e. The molecule has 19 heavy (non-hydrogen) atoms. The van der Waals surface area contributed by atoms with Crippen LogP contribution in [-0.2, 0) is 10.0 Å². The second-order valence-corrected chi connectivity index (χ2v) is 6.90. The molecule has 1 aromatic rings. The first-order valence-electron chi connectivity index (χ1n) is 6.32. The Balaban J connectivity index is 2.28. The Bertz CT molecular complexity index is 559. The van der Waals surface area contributed by atoms with Gasteiger partial charge in [0.15, 0.2) is 0 Å². The number of halogens is 1. The zero-order chi connectivity index (χ0) is 14.0. The van der Waals surface area contributed by atoms with Crippen molar-refractivity contribution in [2.75, 3.05) is 19.7 Å². The minimum absolute atomic E-state index is 0.00549. The van der Waals surface area contributed by atoms with Crippen molar-refractivity contribution in [3.63, 3.8) is 0 Å². The molecule has 0 aliphatic carbocycles. The minimum atomic E-state index is -3.59. The number of aryl methyl sites for hydroxylation is 1. The van der Waals surface area contributed by atoms with Gasteiger partial charge in [-0.1, -0.05) is 0 Å². The molecule has 0 radical (unpaired) electrons. The fourth-order valence-corrected chi connectivity index (χ4v) is 3.96. The van der Waals surface area contributed by atoms with Crippen molar-refractivity contribution < 1.29 is 17.9 Å². The SMILES string of the molecule is Cc1cc(S(=O)(=O)N2CCCC(CO)C2)ccc1F. The van der Waals surface area contributed by atoms with Crippen LogP contribution >= 0.6 is 0 Å². The topological polar surface area (TPSA) is 57.6 Å². The van der Waals surface area contributed by atoms with Gasteiger partial charge in [-0.3, -0.25) is 0 Å². The summed E-state index contributed by atoms with van der Waals surface area (Å²) in [6.45, 7) is 2.32. The van der Waals surface area contributed by atoms with Gasteiger partial charge in [0.25, 0.3) is 0 Å². The first-order chi connectivity index (χ1) is 8.95. The highest BCUT2D eigenvalue weighted by molar-refractivity contribution is 7.89. The Morgan fingerprint density at radius 1 is 1.47 bits per heavy atom. The zero-order valence-corrected chi connectivity index (χ0v) is 11.7. The lowest BCUT2D eigenvalue weighted by Gasteiger charge is -2.31. The number of nitrogens with zero attached hydrogens (tertiary/aromatic N) is 1. The van der Waals surface area contributed by atoms with Crippen molar-refractivity contribution in [2.24, 2.45) is 5.92 Å². The van der Waals surface area contributed by atoms with Crippen LogP contribution in [0.3, 0.4) is 0 Å². The Labute approximate surface area is 112 Å². The molecule has 0 saturated carbocycles. The Kier molecular flexibility index (Phi) is 4.23. The van der Waals surface area contributed by atoms with E-state index in [1.807, 2.05) is 0 Å². The number of aliphatic hydroxyl groups is 1. The fraction of sp³-hybridized carbons (Fsp3) is 0.538. The van der Waals surface area contributed by atoms with E-state index in [4.69, 9.17) is 5.11 Å². The van der Waals surface area contributed by atoms with Crippen molar-refractivity contribution in [3.8, 4) is 0 Å². The van der Waals surface area contributed by atoms with Gasteiger partial charge >= 0.3 is 0 Å². The van der Waals surface area contributed by atoms with E-state index in [2.05, 4.69) is 0 Å². The summed E-state index contributed by atoms with van der Waals surface area (Å²) in [5, 5.41) is 9.15. The molecule has 1 unspecified atom stereocenters. The van der Waals surface area contributed by atoms with Crippen LogP contribution in [0, 0.1) is 18.7 Å². The Morgan fingerprint density at radius 2 is 2.21 bits per heavy atom. The van der Waals surface area contributed by atoms with E-state index in [-0.39, 0.29) is 17.4 Å². The lowest BCUT2D eigenvalue weighted by Crippen LogP contribution is -2.40. The van der Waals surface area contributed by atoms with Gasteiger partial charge in [0.05, 0.1) is 4.90 Å². The molecular weight excluding hydrogens is 269 g/mol. The van der Waals surface area contributed by atoms with Crippen LogP contribution in [-0.4, -0.2) is 37.5 Å². The number of hydrogen-bond donors (Lipinski definition) is 1. The molecule has 1 aliphatic rings. The van der Waals surface area contributed by atoms with Crippen LogP contribution in [0.25, 0.3) is 0 Å². The van der Waals surface area contributed by atoms with E-state index >= 15 is 0 Å². The molecule has 1 N–H and O–H groups in total. The maximum atomic E-state index is 13.2. The molecule has 6 heteroatoms. The normalized spacial score (nSPS) is 21.5. The van der Waals surface area contributed by atoms with Gasteiger partial charge in [-0.2, -0.15) is 4.31 Å². The highest BCUT2D eigenvalue weighted by Gasteiger charge is 2.30. The van der Waals surface area contributed by atoms with Gasteiger partial charge in [0.2, 0.25) is 10.0 Å². The molecule has 4 nitrogen and oxygen atoms in total. The van der Waals surface area contributed by atoms with Gasteiger partial charge in [-0.05, 0) is 49.4 Å². The van der Waals surface area contributed by atoms with E-state index in [1.165, 1.54) is 22.5 Å². The summed E-state index contributed by atoms with van der Waals surface area (Å²) in [5.41, 5.74) is 0.316. The lowest BCUT2D eigenvalue weighted by molar-refractivity contribution is 0.165. The molecule has 0 bridgehead atoms. The molecule has 1 fully saturated rings. The predicted octanol–water partition coefficient (Wildman–Crippen LogP) is 1.53. The highest BCUT2D eigenvalue weighted by atomic mass is 32.2. The summed E-state index contributed by atoms with van der Waals surface area (Å²) in [7, 11) is -3.59. The first kappa shape index (κ1) is 14.4. The molecule has 0 aromatic heterocycles. The van der Waals surface area contributed by atoms with Crippen molar-refractivity contribution >= 4 is 10.0 Å². The molecule has 1 aliphatic heterocycles. The monoisotopic (exact) mass is 287 g/mol. The average Bonchev–Trinajstić information content (AvgIpc) is 2.41. The summed E-state index contributed by atoms with van der Waals surface area (Å²) >= 11 is 0. The van der Waals surface area contributed by atoms with Crippen LogP contribution in [0.5, 0.6) is 0 Å². The lowest BCUT2D eigenvalue weighted by atomic mass is 10.0. The quantitative estimate of drug-likeness (QED) is 0.917. The third-order valence-electron chi connectivity index (χ3n) is 3.51. The number of hydrogen-bond acceptors (Lipinski definition) is 3. The average molecular weight is 287 g/mol. The number of sulfonamides is 1. The van der Waals surface area contributed by atoms with Crippen molar-refractivity contribution in [2.45, 2.75) is 24.7 Å². The van der Waals surface area contributed by atoms with Gasteiger partial charge in [0, 0.05) is 19.7 Å². The molecule has 1 saturated heterocycles. The van der Waals surface area contributed by atoms with Crippen molar-refractivity contribution in [1.29, 1.82) is 0 Å². The van der Waals surface area contributed by atoms with E-state index in [0.717, 1.165) is 12.8 Å². The standard InChI is InChI=1S/C13H18FNO3S/c1-10-7-12(4-5-13(10)14)19(17,18)15-6-2-3-11(8-15)9-16/h4-5,7,11,16H,2-3,6,8-9H2,1H3. The largest absolute Gasteiger partial charge is 0.396 e. The third kappa shape index (κ3) is 2.96. The van der Waals surface area contributed by atoms with Gasteiger partial charge in [-0.15, -0.1) is 0 Å². The maximum Gasteiger partial charge on any atom is 0.243 e. The molecule has 0 spiro atoms.